The number of ether oxygens (including phenoxy) is 1. The highest BCUT2D eigenvalue weighted by Crippen LogP contribution is 2.34. The summed E-state index contributed by atoms with van der Waals surface area (Å²) in [6.45, 7) is 10.6. The van der Waals surface area contributed by atoms with Gasteiger partial charge in [-0.3, -0.25) is 9.78 Å². The van der Waals surface area contributed by atoms with E-state index in [1.54, 1.807) is 0 Å². The average molecular weight is 447 g/mol. The number of halogens is 1. The maximum atomic E-state index is 13.2. The number of nitrogens with zero attached hydrogens (tertiary/aromatic N) is 1. The number of para-hydroxylation sites is 1. The maximum absolute atomic E-state index is 13.2. The molecule has 0 aliphatic rings. The van der Waals surface area contributed by atoms with E-state index < -0.39 is 0 Å². The predicted octanol–water partition coefficient (Wildman–Crippen LogP) is 6.54. The van der Waals surface area contributed by atoms with Crippen molar-refractivity contribution in [3.05, 3.63) is 50.8 Å². The largest absolute Gasteiger partial charge is 0.491 e. The van der Waals surface area contributed by atoms with Gasteiger partial charge >= 0.3 is 0 Å². The van der Waals surface area contributed by atoms with Crippen molar-refractivity contribution in [2.24, 2.45) is 0 Å². The third-order valence-electron chi connectivity index (χ3n) is 4.89. The van der Waals surface area contributed by atoms with E-state index in [2.05, 4.69) is 40.1 Å². The van der Waals surface area contributed by atoms with Crippen LogP contribution in [-0.2, 0) is 6.42 Å². The zero-order chi connectivity index (χ0) is 20.7. The Hall–Kier alpha value is -1.88. The molecule has 1 aromatic carbocycles. The Morgan fingerprint density at radius 1 is 1.11 bits per heavy atom. The molecular weight excluding hydrogens is 416 g/mol. The Bertz CT molecular complexity index is 834. The number of anilines is 1. The van der Waals surface area contributed by atoms with Crippen LogP contribution in [0.5, 0.6) is 5.75 Å². The minimum atomic E-state index is -0.182. The van der Waals surface area contributed by atoms with Crippen LogP contribution in [0.2, 0.25) is 0 Å². The van der Waals surface area contributed by atoms with Gasteiger partial charge < -0.3 is 10.1 Å². The van der Waals surface area contributed by atoms with Gasteiger partial charge in [0.25, 0.3) is 5.91 Å². The summed E-state index contributed by atoms with van der Waals surface area (Å²) in [6, 6.07) is 6.07. The first-order chi connectivity index (χ1) is 13.4. The van der Waals surface area contributed by atoms with Crippen LogP contribution < -0.4 is 10.1 Å². The highest BCUT2D eigenvalue weighted by atomic mass is 79.9. The number of amides is 1. The van der Waals surface area contributed by atoms with Crippen LogP contribution in [0.3, 0.4) is 0 Å². The number of carbonyl (C=O) groups is 1. The number of carbonyl (C=O) groups excluding carboxylic acids is 1. The molecule has 1 amide bonds. The molecular formula is C23H31BrN2O2. The fourth-order valence-corrected chi connectivity index (χ4v) is 3.68. The molecule has 0 atom stereocenters. The number of rotatable bonds is 9. The summed E-state index contributed by atoms with van der Waals surface area (Å²) in [5, 5.41) is 3.10. The Morgan fingerprint density at radius 3 is 2.54 bits per heavy atom. The van der Waals surface area contributed by atoms with Gasteiger partial charge in [0.15, 0.2) is 0 Å². The molecule has 0 radical (unpaired) electrons. The summed E-state index contributed by atoms with van der Waals surface area (Å²) in [4.78, 5) is 17.8. The number of hydrogen-bond donors (Lipinski definition) is 1. The lowest BCUT2D eigenvalue weighted by molar-refractivity contribution is 0.102. The summed E-state index contributed by atoms with van der Waals surface area (Å²) in [7, 11) is 0. The van der Waals surface area contributed by atoms with E-state index in [4.69, 9.17) is 4.74 Å². The molecule has 1 heterocycles. The van der Waals surface area contributed by atoms with Crippen LogP contribution in [0.25, 0.3) is 0 Å². The van der Waals surface area contributed by atoms with Gasteiger partial charge in [-0.15, -0.1) is 0 Å². The van der Waals surface area contributed by atoms with Crippen molar-refractivity contribution in [3.63, 3.8) is 0 Å². The lowest BCUT2D eigenvalue weighted by Crippen LogP contribution is -2.19. The first-order valence-corrected chi connectivity index (χ1v) is 10.9. The minimum Gasteiger partial charge on any atom is -0.491 e. The molecule has 0 aliphatic heterocycles. The Balaban J connectivity index is 2.33. The summed E-state index contributed by atoms with van der Waals surface area (Å²) in [6.07, 6.45) is 5.33. The van der Waals surface area contributed by atoms with E-state index in [9.17, 15) is 4.79 Å². The Morgan fingerprint density at radius 2 is 1.86 bits per heavy atom. The van der Waals surface area contributed by atoms with Crippen molar-refractivity contribution in [1.29, 1.82) is 0 Å². The third-order valence-corrected chi connectivity index (χ3v) is 5.83. The zero-order valence-corrected chi connectivity index (χ0v) is 19.2. The lowest BCUT2D eigenvalue weighted by Gasteiger charge is -2.18. The highest BCUT2D eigenvalue weighted by Gasteiger charge is 2.23. The first-order valence-electron chi connectivity index (χ1n) is 10.1. The van der Waals surface area contributed by atoms with E-state index in [1.807, 2.05) is 39.0 Å². The number of unbranched alkanes of at least 4 members (excludes halogenated alkanes) is 3. The predicted molar refractivity (Wildman–Crippen MR) is 120 cm³/mol. The second-order valence-electron chi connectivity index (χ2n) is 7.13. The first kappa shape index (κ1) is 22.4. The van der Waals surface area contributed by atoms with Gasteiger partial charge in [-0.05, 0) is 60.7 Å². The van der Waals surface area contributed by atoms with Crippen molar-refractivity contribution >= 4 is 27.5 Å². The molecule has 0 saturated heterocycles. The summed E-state index contributed by atoms with van der Waals surface area (Å²) >= 11 is 3.58. The molecule has 0 saturated carbocycles. The second kappa shape index (κ2) is 10.6. The Kier molecular flexibility index (Phi) is 8.49. The molecule has 0 bridgehead atoms. The standard InChI is InChI=1S/C23H31BrN2O2/c1-6-8-9-10-14-28-22-19(16(4)25-17(5)20(22)24)23(27)26-21-15(3)12-11-13-18(21)7-2/h11-13H,6-10,14H2,1-5H3,(H,26,27). The SMILES string of the molecule is CCCCCCOc1c(Br)c(C)nc(C)c1C(=O)Nc1c(C)cccc1CC. The maximum Gasteiger partial charge on any atom is 0.261 e. The van der Waals surface area contributed by atoms with Crippen molar-refractivity contribution in [1.82, 2.24) is 4.98 Å². The molecule has 2 aromatic rings. The van der Waals surface area contributed by atoms with Crippen LogP contribution in [0.15, 0.2) is 22.7 Å². The van der Waals surface area contributed by atoms with Crippen LogP contribution in [0.1, 0.15) is 72.4 Å². The van der Waals surface area contributed by atoms with E-state index in [-0.39, 0.29) is 5.91 Å². The van der Waals surface area contributed by atoms with Gasteiger partial charge in [0.2, 0.25) is 0 Å². The monoisotopic (exact) mass is 446 g/mol. The second-order valence-corrected chi connectivity index (χ2v) is 7.92. The molecule has 4 nitrogen and oxygen atoms in total. The molecule has 1 N–H and O–H groups in total. The smallest absolute Gasteiger partial charge is 0.261 e. The Labute approximate surface area is 177 Å². The number of aryl methyl sites for hydroxylation is 4. The number of hydrogen-bond acceptors (Lipinski definition) is 3. The van der Waals surface area contributed by atoms with Crippen LogP contribution in [0.4, 0.5) is 5.69 Å². The van der Waals surface area contributed by atoms with Crippen LogP contribution in [0, 0.1) is 20.8 Å². The summed E-state index contributed by atoms with van der Waals surface area (Å²) in [5.41, 5.74) is 5.04. The molecule has 0 spiro atoms. The molecule has 5 heteroatoms. The van der Waals surface area contributed by atoms with Gasteiger partial charge in [-0.2, -0.15) is 0 Å². The van der Waals surface area contributed by atoms with Gasteiger partial charge in [-0.1, -0.05) is 51.3 Å². The number of benzene rings is 1. The van der Waals surface area contributed by atoms with Crippen molar-refractivity contribution in [2.75, 3.05) is 11.9 Å². The molecule has 0 unspecified atom stereocenters. The molecule has 2 rings (SSSR count). The quantitative estimate of drug-likeness (QED) is 0.444. The van der Waals surface area contributed by atoms with Gasteiger partial charge in [0.1, 0.15) is 11.3 Å². The molecule has 0 fully saturated rings. The number of nitrogens with one attached hydrogen (secondary N) is 1. The van der Waals surface area contributed by atoms with E-state index in [0.717, 1.165) is 46.2 Å². The van der Waals surface area contributed by atoms with E-state index in [0.29, 0.717) is 23.6 Å². The van der Waals surface area contributed by atoms with Crippen molar-refractivity contribution in [2.45, 2.75) is 66.7 Å². The molecule has 28 heavy (non-hydrogen) atoms. The lowest BCUT2D eigenvalue weighted by atomic mass is 10.0. The number of aromatic nitrogens is 1. The normalized spacial score (nSPS) is 10.8. The van der Waals surface area contributed by atoms with E-state index in [1.165, 1.54) is 12.8 Å². The van der Waals surface area contributed by atoms with Crippen molar-refractivity contribution in [3.8, 4) is 5.75 Å². The van der Waals surface area contributed by atoms with Crippen molar-refractivity contribution < 1.29 is 9.53 Å². The third kappa shape index (κ3) is 5.34. The van der Waals surface area contributed by atoms with E-state index >= 15 is 0 Å². The topological polar surface area (TPSA) is 51.2 Å². The fourth-order valence-electron chi connectivity index (χ4n) is 3.28. The van der Waals surface area contributed by atoms with Crippen LogP contribution in [-0.4, -0.2) is 17.5 Å². The van der Waals surface area contributed by atoms with Crippen LogP contribution >= 0.6 is 15.9 Å². The molecule has 0 aliphatic carbocycles. The number of pyridine rings is 1. The zero-order valence-electron chi connectivity index (χ0n) is 17.6. The van der Waals surface area contributed by atoms with Gasteiger partial charge in [-0.25, -0.2) is 0 Å². The minimum absolute atomic E-state index is 0.182. The highest BCUT2D eigenvalue weighted by molar-refractivity contribution is 9.10. The molecule has 152 valence electrons. The summed E-state index contributed by atoms with van der Waals surface area (Å²) < 4.78 is 6.82. The average Bonchev–Trinajstić information content (AvgIpc) is 2.66. The fraction of sp³-hybridized carbons (Fsp3) is 0.478. The van der Waals surface area contributed by atoms with Gasteiger partial charge in [0.05, 0.1) is 22.5 Å². The molecule has 1 aromatic heterocycles. The summed E-state index contributed by atoms with van der Waals surface area (Å²) in [5.74, 6) is 0.406. The van der Waals surface area contributed by atoms with Gasteiger partial charge in [0, 0.05) is 5.69 Å².